The molecule has 0 aliphatic carbocycles. The molecule has 1 aliphatic heterocycles. The number of hydrogen-bond acceptors (Lipinski definition) is 4. The van der Waals surface area contributed by atoms with Gasteiger partial charge in [-0.1, -0.05) is 0 Å². The number of piperidine rings is 1. The maximum absolute atomic E-state index is 11.9. The van der Waals surface area contributed by atoms with Gasteiger partial charge < -0.3 is 10.2 Å². The number of rotatable bonds is 4. The van der Waals surface area contributed by atoms with E-state index in [-0.39, 0.29) is 5.91 Å². The third-order valence-corrected chi connectivity index (χ3v) is 3.25. The lowest BCUT2D eigenvalue weighted by Crippen LogP contribution is -2.36. The number of hydrogen-bond donors (Lipinski definition) is 1. The molecule has 0 aromatic carbocycles. The maximum Gasteiger partial charge on any atom is 0.224 e. The number of anilines is 1. The van der Waals surface area contributed by atoms with E-state index in [0.29, 0.717) is 18.7 Å². The highest BCUT2D eigenvalue weighted by molar-refractivity contribution is 5.76. The molecular weight excluding hydrogens is 240 g/mol. The highest BCUT2D eigenvalue weighted by Crippen LogP contribution is 2.11. The van der Waals surface area contributed by atoms with E-state index in [2.05, 4.69) is 10.3 Å². The molecule has 1 aromatic heterocycles. The predicted molar refractivity (Wildman–Crippen MR) is 72.5 cm³/mol. The summed E-state index contributed by atoms with van der Waals surface area (Å²) in [6, 6.07) is 5.48. The molecule has 1 aliphatic rings. The van der Waals surface area contributed by atoms with Gasteiger partial charge in [-0.2, -0.15) is 5.26 Å². The van der Waals surface area contributed by atoms with Crippen LogP contribution < -0.4 is 5.32 Å². The maximum atomic E-state index is 11.9. The van der Waals surface area contributed by atoms with Gasteiger partial charge in [-0.3, -0.25) is 4.79 Å². The summed E-state index contributed by atoms with van der Waals surface area (Å²) in [7, 11) is 0. The summed E-state index contributed by atoms with van der Waals surface area (Å²) in [6.07, 6.45) is 5.55. The Hall–Kier alpha value is -2.09. The number of carbonyl (C=O) groups is 1. The summed E-state index contributed by atoms with van der Waals surface area (Å²) in [5.74, 6) is 0.210. The molecule has 100 valence electrons. The molecule has 0 saturated carbocycles. The second-order valence-electron chi connectivity index (χ2n) is 4.66. The van der Waals surface area contributed by atoms with E-state index in [1.165, 1.54) is 6.42 Å². The first-order valence-corrected chi connectivity index (χ1v) is 6.67. The molecule has 1 N–H and O–H groups in total. The molecule has 0 spiro atoms. The van der Waals surface area contributed by atoms with Crippen LogP contribution in [0.2, 0.25) is 0 Å². The summed E-state index contributed by atoms with van der Waals surface area (Å²) < 4.78 is 0. The lowest BCUT2D eigenvalue weighted by molar-refractivity contribution is -0.131. The van der Waals surface area contributed by atoms with Gasteiger partial charge in [-0.05, 0) is 31.4 Å². The van der Waals surface area contributed by atoms with E-state index in [9.17, 15) is 4.79 Å². The number of pyridine rings is 1. The topological polar surface area (TPSA) is 69.0 Å². The number of likely N-dealkylation sites (tertiary alicyclic amines) is 1. The van der Waals surface area contributed by atoms with Crippen LogP contribution in [0.1, 0.15) is 31.4 Å². The predicted octanol–water partition coefficient (Wildman–Crippen LogP) is 1.77. The molecule has 2 heterocycles. The Morgan fingerprint density at radius 2 is 2.21 bits per heavy atom. The number of aromatic nitrogens is 1. The van der Waals surface area contributed by atoms with Crippen molar-refractivity contribution in [1.29, 1.82) is 5.26 Å². The first-order chi connectivity index (χ1) is 9.29. The number of carbonyl (C=O) groups excluding carboxylic acids is 1. The van der Waals surface area contributed by atoms with Crippen molar-refractivity contribution in [1.82, 2.24) is 9.88 Å². The molecule has 0 bridgehead atoms. The zero-order valence-electron chi connectivity index (χ0n) is 10.9. The Kier molecular flexibility index (Phi) is 4.73. The minimum Gasteiger partial charge on any atom is -0.384 e. The summed E-state index contributed by atoms with van der Waals surface area (Å²) in [5.41, 5.74) is 1.21. The highest BCUT2D eigenvalue weighted by atomic mass is 16.2. The van der Waals surface area contributed by atoms with Gasteiger partial charge in [0.05, 0.1) is 0 Å². The average Bonchev–Trinajstić information content (AvgIpc) is 2.48. The van der Waals surface area contributed by atoms with Crippen LogP contribution in [0.4, 0.5) is 5.69 Å². The summed E-state index contributed by atoms with van der Waals surface area (Å²) >= 11 is 0. The molecular formula is C14H18N4O. The van der Waals surface area contributed by atoms with Gasteiger partial charge in [0.15, 0.2) is 0 Å². The molecule has 5 heteroatoms. The van der Waals surface area contributed by atoms with Gasteiger partial charge in [-0.25, -0.2) is 4.98 Å². The van der Waals surface area contributed by atoms with Gasteiger partial charge in [0.2, 0.25) is 5.91 Å². The minimum absolute atomic E-state index is 0.210. The van der Waals surface area contributed by atoms with Gasteiger partial charge in [0.1, 0.15) is 11.8 Å². The molecule has 5 nitrogen and oxygen atoms in total. The first kappa shape index (κ1) is 13.3. The number of amides is 1. The highest BCUT2D eigenvalue weighted by Gasteiger charge is 2.15. The molecule has 2 rings (SSSR count). The van der Waals surface area contributed by atoms with Gasteiger partial charge >= 0.3 is 0 Å². The Morgan fingerprint density at radius 3 is 2.95 bits per heavy atom. The SMILES string of the molecule is N#Cc1cc(NCCC(=O)N2CCCCC2)ccn1. The van der Waals surface area contributed by atoms with Gasteiger partial charge in [0, 0.05) is 37.9 Å². The van der Waals surface area contributed by atoms with Crippen LogP contribution >= 0.6 is 0 Å². The van der Waals surface area contributed by atoms with Crippen molar-refractivity contribution in [3.8, 4) is 6.07 Å². The lowest BCUT2D eigenvalue weighted by atomic mass is 10.1. The van der Waals surface area contributed by atoms with Gasteiger partial charge in [-0.15, -0.1) is 0 Å². The number of nitriles is 1. The summed E-state index contributed by atoms with van der Waals surface area (Å²) in [6.45, 7) is 2.38. The molecule has 1 fully saturated rings. The standard InChI is InChI=1S/C14H18N4O/c15-11-13-10-12(4-6-17-13)16-7-5-14(19)18-8-2-1-3-9-18/h4,6,10H,1-3,5,7-9H2,(H,16,17). The van der Waals surface area contributed by atoms with E-state index < -0.39 is 0 Å². The smallest absolute Gasteiger partial charge is 0.224 e. The largest absolute Gasteiger partial charge is 0.384 e. The van der Waals surface area contributed by atoms with Crippen molar-refractivity contribution in [3.05, 3.63) is 24.0 Å². The third-order valence-electron chi connectivity index (χ3n) is 3.25. The van der Waals surface area contributed by atoms with E-state index >= 15 is 0 Å². The molecule has 19 heavy (non-hydrogen) atoms. The fourth-order valence-corrected chi connectivity index (χ4v) is 2.22. The fraction of sp³-hybridized carbons (Fsp3) is 0.500. The van der Waals surface area contributed by atoms with Crippen LogP contribution in [0.5, 0.6) is 0 Å². The zero-order valence-corrected chi connectivity index (χ0v) is 10.9. The first-order valence-electron chi connectivity index (χ1n) is 6.67. The van der Waals surface area contributed by atoms with Crippen molar-refractivity contribution >= 4 is 11.6 Å². The van der Waals surface area contributed by atoms with Crippen molar-refractivity contribution in [3.63, 3.8) is 0 Å². The van der Waals surface area contributed by atoms with E-state index in [1.807, 2.05) is 11.0 Å². The second-order valence-corrected chi connectivity index (χ2v) is 4.66. The number of nitrogens with one attached hydrogen (secondary N) is 1. The van der Waals surface area contributed by atoms with E-state index in [1.54, 1.807) is 18.3 Å². The van der Waals surface area contributed by atoms with Crippen LogP contribution in [0.3, 0.4) is 0 Å². The molecule has 1 aromatic rings. The minimum atomic E-state index is 0.210. The van der Waals surface area contributed by atoms with Crippen LogP contribution in [-0.4, -0.2) is 35.4 Å². The van der Waals surface area contributed by atoms with Crippen molar-refractivity contribution in [2.75, 3.05) is 25.0 Å². The Labute approximate surface area is 113 Å². The number of nitrogens with zero attached hydrogens (tertiary/aromatic N) is 3. The molecule has 1 amide bonds. The fourth-order valence-electron chi connectivity index (χ4n) is 2.22. The van der Waals surface area contributed by atoms with Crippen LogP contribution in [-0.2, 0) is 4.79 Å². The van der Waals surface area contributed by atoms with Gasteiger partial charge in [0.25, 0.3) is 0 Å². The summed E-state index contributed by atoms with van der Waals surface area (Å²) in [5, 5.41) is 11.9. The van der Waals surface area contributed by atoms with Crippen LogP contribution in [0.25, 0.3) is 0 Å². The third kappa shape index (κ3) is 3.95. The van der Waals surface area contributed by atoms with E-state index in [0.717, 1.165) is 31.6 Å². The molecule has 0 radical (unpaired) electrons. The average molecular weight is 258 g/mol. The quantitative estimate of drug-likeness (QED) is 0.893. The lowest BCUT2D eigenvalue weighted by Gasteiger charge is -2.26. The van der Waals surface area contributed by atoms with Crippen LogP contribution in [0, 0.1) is 11.3 Å². The molecule has 1 saturated heterocycles. The second kappa shape index (κ2) is 6.74. The Balaban J connectivity index is 1.76. The molecule has 0 unspecified atom stereocenters. The van der Waals surface area contributed by atoms with Crippen molar-refractivity contribution in [2.24, 2.45) is 0 Å². The molecule has 0 atom stereocenters. The van der Waals surface area contributed by atoms with Crippen LogP contribution in [0.15, 0.2) is 18.3 Å². The van der Waals surface area contributed by atoms with Crippen molar-refractivity contribution in [2.45, 2.75) is 25.7 Å². The monoisotopic (exact) mass is 258 g/mol. The Morgan fingerprint density at radius 1 is 1.42 bits per heavy atom. The van der Waals surface area contributed by atoms with E-state index in [4.69, 9.17) is 5.26 Å². The summed E-state index contributed by atoms with van der Waals surface area (Å²) in [4.78, 5) is 17.8. The van der Waals surface area contributed by atoms with Crippen molar-refractivity contribution < 1.29 is 4.79 Å². The zero-order chi connectivity index (χ0) is 13.5. The normalized spacial score (nSPS) is 14.8. The Bertz CT molecular complexity index is 475.